The Kier molecular flexibility index (Phi) is 9.95. The van der Waals surface area contributed by atoms with Crippen LogP contribution in [0.4, 0.5) is 17.5 Å². The van der Waals surface area contributed by atoms with Gasteiger partial charge >= 0.3 is 5.97 Å². The van der Waals surface area contributed by atoms with Gasteiger partial charge in [0.25, 0.3) is 5.91 Å². The van der Waals surface area contributed by atoms with E-state index >= 15 is 0 Å². The molecule has 3 aromatic carbocycles. The summed E-state index contributed by atoms with van der Waals surface area (Å²) in [5, 5.41) is 15.7. The predicted octanol–water partition coefficient (Wildman–Crippen LogP) is 4.80. The summed E-state index contributed by atoms with van der Waals surface area (Å²) in [5.41, 5.74) is 16.4. The summed E-state index contributed by atoms with van der Waals surface area (Å²) in [6.45, 7) is 0. The summed E-state index contributed by atoms with van der Waals surface area (Å²) < 4.78 is 0. The fraction of sp³-hybridized carbons (Fsp3) is 0.182. The smallest absolute Gasteiger partial charge is 0.326 e. The maximum Gasteiger partial charge on any atom is 0.326 e. The molecule has 2 aromatic heterocycles. The Bertz CT molecular complexity index is 1790. The van der Waals surface area contributed by atoms with Crippen molar-refractivity contribution in [1.29, 1.82) is 0 Å². The van der Waals surface area contributed by atoms with Crippen molar-refractivity contribution in [3.63, 3.8) is 0 Å². The van der Waals surface area contributed by atoms with E-state index in [0.717, 1.165) is 27.2 Å². The van der Waals surface area contributed by atoms with Gasteiger partial charge in [0.2, 0.25) is 11.9 Å². The third-order valence-electron chi connectivity index (χ3n) is 7.21. The molecule has 2 amide bonds. The van der Waals surface area contributed by atoms with Crippen LogP contribution in [0.15, 0.2) is 90.0 Å². The highest BCUT2D eigenvalue weighted by Crippen LogP contribution is 2.25. The number of nitrogens with two attached hydrogens (primary N) is 2. The minimum Gasteiger partial charge on any atom is -0.480 e. The fourth-order valence-corrected chi connectivity index (χ4v) is 5.67. The molecular weight excluding hydrogens is 590 g/mol. The Morgan fingerprint density at radius 1 is 0.889 bits per heavy atom. The van der Waals surface area contributed by atoms with Gasteiger partial charge in [-0.2, -0.15) is 9.97 Å². The summed E-state index contributed by atoms with van der Waals surface area (Å²) in [5.74, 6) is -0.821. The molecule has 11 nitrogen and oxygen atoms in total. The molecular formula is C33H33N7O4S. The minimum atomic E-state index is -1.22. The van der Waals surface area contributed by atoms with Crippen molar-refractivity contribution < 1.29 is 19.5 Å². The number of carbonyl (C=O) groups is 3. The quantitative estimate of drug-likeness (QED) is 0.100. The van der Waals surface area contributed by atoms with Gasteiger partial charge in [0.05, 0.1) is 5.39 Å². The average Bonchev–Trinajstić information content (AvgIpc) is 3.45. The van der Waals surface area contributed by atoms with Crippen molar-refractivity contribution in [3.8, 4) is 0 Å². The third-order valence-corrected chi connectivity index (χ3v) is 8.29. The van der Waals surface area contributed by atoms with E-state index in [1.807, 2.05) is 60.8 Å². The molecule has 0 fully saturated rings. The average molecular weight is 624 g/mol. The van der Waals surface area contributed by atoms with Crippen molar-refractivity contribution in [2.75, 3.05) is 16.8 Å². The molecule has 0 radical (unpaired) electrons. The van der Waals surface area contributed by atoms with Gasteiger partial charge in [0.15, 0.2) is 0 Å². The number of nitrogen functional groups attached to an aromatic ring is 2. The first-order valence-electron chi connectivity index (χ1n) is 14.3. The van der Waals surface area contributed by atoms with Gasteiger partial charge in [0.1, 0.15) is 17.5 Å². The predicted molar refractivity (Wildman–Crippen MR) is 176 cm³/mol. The molecule has 0 aliphatic rings. The zero-order valence-electron chi connectivity index (χ0n) is 24.3. The second-order valence-corrected chi connectivity index (χ2v) is 11.5. The first-order valence-corrected chi connectivity index (χ1v) is 15.3. The molecule has 0 unspecified atom stereocenters. The largest absolute Gasteiger partial charge is 0.480 e. The molecule has 8 N–H and O–H groups in total. The van der Waals surface area contributed by atoms with E-state index in [1.165, 1.54) is 5.56 Å². The number of benzene rings is 3. The number of aryl methyl sites for hydroxylation is 2. The number of rotatable bonds is 13. The first kappa shape index (κ1) is 31.1. The second-order valence-electron chi connectivity index (χ2n) is 10.5. The number of aliphatic carboxylic acids is 1. The highest BCUT2D eigenvalue weighted by atomic mass is 32.2. The van der Waals surface area contributed by atoms with E-state index in [4.69, 9.17) is 11.5 Å². The van der Waals surface area contributed by atoms with Gasteiger partial charge in [-0.1, -0.05) is 42.5 Å². The topological polar surface area (TPSA) is 189 Å². The Morgan fingerprint density at radius 3 is 2.33 bits per heavy atom. The molecule has 5 aromatic rings. The highest BCUT2D eigenvalue weighted by Gasteiger charge is 2.22. The lowest BCUT2D eigenvalue weighted by molar-refractivity contribution is -0.139. The van der Waals surface area contributed by atoms with Crippen LogP contribution in [-0.2, 0) is 28.2 Å². The summed E-state index contributed by atoms with van der Waals surface area (Å²) >= 11 is 1.69. The van der Waals surface area contributed by atoms with Gasteiger partial charge in [-0.15, -0.1) is 11.8 Å². The molecule has 45 heavy (non-hydrogen) atoms. The van der Waals surface area contributed by atoms with Crippen LogP contribution in [0.2, 0.25) is 0 Å². The number of anilines is 3. The van der Waals surface area contributed by atoms with Crippen molar-refractivity contribution in [2.24, 2.45) is 0 Å². The Morgan fingerprint density at radius 2 is 1.62 bits per heavy atom. The molecule has 2 heterocycles. The number of fused-ring (bicyclic) bond motifs is 1. The van der Waals surface area contributed by atoms with Crippen LogP contribution in [0, 0.1) is 0 Å². The molecule has 230 valence electrons. The number of carbonyl (C=O) groups excluding carboxylic acids is 2. The van der Waals surface area contributed by atoms with Crippen LogP contribution in [0.1, 0.15) is 39.9 Å². The molecule has 5 rings (SSSR count). The standard InChI is InChI=1S/C33H33N7O4S/c34-29-28-23(18-36-30(28)40-33(35)39-29)11-8-20-6-9-22(10-7-20)31(42)38-26(32(43)44)16-17-27(41)37-24-12-14-25(15-13-24)45-19-21-4-2-1-3-5-21/h1-7,9-10,12-15,18,26H,8,11,16-17,19H2,(H,37,41)(H,38,42)(H,43,44)(H5,34,35,36,39,40)/t26-/m0/s1. The lowest BCUT2D eigenvalue weighted by atomic mass is 10.0. The molecule has 12 heteroatoms. The number of hydrogen-bond donors (Lipinski definition) is 6. The van der Waals surface area contributed by atoms with Gasteiger partial charge in [-0.25, -0.2) is 4.79 Å². The second kappa shape index (κ2) is 14.4. The molecule has 0 aliphatic carbocycles. The van der Waals surface area contributed by atoms with Crippen LogP contribution in [0.3, 0.4) is 0 Å². The Balaban J connectivity index is 1.08. The Hall–Kier alpha value is -5.36. The first-order chi connectivity index (χ1) is 21.7. The lowest BCUT2D eigenvalue weighted by Gasteiger charge is -2.15. The number of thioether (sulfide) groups is 1. The number of carboxylic acids is 1. The zero-order valence-corrected chi connectivity index (χ0v) is 25.1. The fourth-order valence-electron chi connectivity index (χ4n) is 4.82. The van der Waals surface area contributed by atoms with E-state index in [-0.39, 0.29) is 24.7 Å². The molecule has 0 bridgehead atoms. The van der Waals surface area contributed by atoms with Crippen LogP contribution in [0.5, 0.6) is 0 Å². The maximum absolute atomic E-state index is 12.8. The summed E-state index contributed by atoms with van der Waals surface area (Å²) in [6.07, 6.45) is 3.02. The number of hydrogen-bond acceptors (Lipinski definition) is 8. The molecule has 0 saturated carbocycles. The van der Waals surface area contributed by atoms with E-state index in [1.54, 1.807) is 23.9 Å². The van der Waals surface area contributed by atoms with Crippen molar-refractivity contribution in [2.45, 2.75) is 42.4 Å². The highest BCUT2D eigenvalue weighted by molar-refractivity contribution is 7.98. The Labute approximate surface area is 263 Å². The number of aromatic nitrogens is 3. The molecule has 1 atom stereocenters. The van der Waals surface area contributed by atoms with Crippen molar-refractivity contribution >= 4 is 58.0 Å². The monoisotopic (exact) mass is 623 g/mol. The summed E-state index contributed by atoms with van der Waals surface area (Å²) in [6, 6.07) is 23.3. The van der Waals surface area contributed by atoms with Gasteiger partial charge in [-0.3, -0.25) is 9.59 Å². The van der Waals surface area contributed by atoms with E-state index in [2.05, 4.69) is 37.7 Å². The minimum absolute atomic E-state index is 0.0564. The van der Waals surface area contributed by atoms with Crippen LogP contribution < -0.4 is 22.1 Å². The normalized spacial score (nSPS) is 11.6. The third kappa shape index (κ3) is 8.39. The number of nitrogens with zero attached hydrogens (tertiary/aromatic N) is 2. The van der Waals surface area contributed by atoms with E-state index in [0.29, 0.717) is 35.6 Å². The number of nitrogens with one attached hydrogen (secondary N) is 3. The van der Waals surface area contributed by atoms with Gasteiger partial charge in [0, 0.05) is 34.5 Å². The molecule has 0 aliphatic heterocycles. The van der Waals surface area contributed by atoms with Gasteiger partial charge in [-0.05, 0) is 72.4 Å². The number of aromatic amines is 1. The SMILES string of the molecule is Nc1nc(N)c2c(CCc3ccc(C(=O)N[C@@H](CCC(=O)Nc4ccc(SCc5ccccc5)cc4)C(=O)O)cc3)c[nH]c2n1. The van der Waals surface area contributed by atoms with Crippen LogP contribution in [0.25, 0.3) is 11.0 Å². The lowest BCUT2D eigenvalue weighted by Crippen LogP contribution is -2.41. The van der Waals surface area contributed by atoms with E-state index in [9.17, 15) is 19.5 Å². The summed E-state index contributed by atoms with van der Waals surface area (Å²) in [4.78, 5) is 49.5. The zero-order chi connectivity index (χ0) is 31.8. The van der Waals surface area contributed by atoms with Crippen molar-refractivity contribution in [1.82, 2.24) is 20.3 Å². The maximum atomic E-state index is 12.8. The number of carboxylic acid groups (broad SMARTS) is 1. The van der Waals surface area contributed by atoms with Crippen LogP contribution >= 0.6 is 11.8 Å². The van der Waals surface area contributed by atoms with E-state index < -0.39 is 17.9 Å². The summed E-state index contributed by atoms with van der Waals surface area (Å²) in [7, 11) is 0. The molecule has 0 spiro atoms. The molecule has 0 saturated heterocycles. The van der Waals surface area contributed by atoms with Crippen molar-refractivity contribution in [3.05, 3.63) is 107 Å². The number of H-pyrrole nitrogens is 1. The number of amides is 2. The van der Waals surface area contributed by atoms with Crippen LogP contribution in [-0.4, -0.2) is 43.9 Å². The van der Waals surface area contributed by atoms with Gasteiger partial charge < -0.3 is 32.2 Å².